The highest BCUT2D eigenvalue weighted by Crippen LogP contribution is 2.23. The van der Waals surface area contributed by atoms with Crippen LogP contribution in [0.1, 0.15) is 17.5 Å². The first-order chi connectivity index (χ1) is 14.4. The van der Waals surface area contributed by atoms with Gasteiger partial charge < -0.3 is 15.0 Å². The largest absolute Gasteiger partial charge is 0.497 e. The molecule has 1 aliphatic rings. The molecule has 1 heterocycles. The average Bonchev–Trinajstić information content (AvgIpc) is 3.02. The Morgan fingerprint density at radius 2 is 1.93 bits per heavy atom. The molecular formula is C22H22Cl2N2O4. The van der Waals surface area contributed by atoms with Crippen molar-refractivity contribution in [3.05, 3.63) is 63.6 Å². The number of Topliss-reactive ketones (excluding diaryl/α,β-unsaturated/α-hetero) is 1. The monoisotopic (exact) mass is 448 g/mol. The number of carbonyl (C=O) groups is 3. The van der Waals surface area contributed by atoms with Crippen LogP contribution in [0.15, 0.2) is 42.5 Å². The first-order valence-electron chi connectivity index (χ1n) is 9.56. The van der Waals surface area contributed by atoms with E-state index in [9.17, 15) is 14.4 Å². The topological polar surface area (TPSA) is 75.7 Å². The molecule has 2 aromatic carbocycles. The van der Waals surface area contributed by atoms with E-state index in [1.54, 1.807) is 31.4 Å². The van der Waals surface area contributed by atoms with E-state index in [1.807, 2.05) is 18.2 Å². The molecule has 1 aliphatic heterocycles. The lowest BCUT2D eigenvalue weighted by Gasteiger charge is -2.16. The molecule has 30 heavy (non-hydrogen) atoms. The van der Waals surface area contributed by atoms with Gasteiger partial charge in [0.15, 0.2) is 0 Å². The quantitative estimate of drug-likeness (QED) is 0.381. The predicted octanol–water partition coefficient (Wildman–Crippen LogP) is 3.28. The molecule has 0 spiro atoms. The van der Waals surface area contributed by atoms with Crippen molar-refractivity contribution in [2.45, 2.75) is 19.4 Å². The molecule has 2 amide bonds. The van der Waals surface area contributed by atoms with Crippen LogP contribution in [0.4, 0.5) is 0 Å². The molecule has 8 heteroatoms. The van der Waals surface area contributed by atoms with Crippen LogP contribution in [0.25, 0.3) is 0 Å². The highest BCUT2D eigenvalue weighted by atomic mass is 35.5. The summed E-state index contributed by atoms with van der Waals surface area (Å²) in [6.45, 7) is 0.726. The van der Waals surface area contributed by atoms with Crippen LogP contribution in [-0.4, -0.2) is 42.7 Å². The number of nitrogens with one attached hydrogen (secondary N) is 1. The maximum Gasteiger partial charge on any atom is 0.291 e. The van der Waals surface area contributed by atoms with Crippen molar-refractivity contribution in [3.8, 4) is 5.75 Å². The zero-order chi connectivity index (χ0) is 21.7. The average molecular weight is 449 g/mol. The fourth-order valence-corrected chi connectivity index (χ4v) is 3.66. The Labute approximate surface area is 185 Å². The Balaban J connectivity index is 1.50. The van der Waals surface area contributed by atoms with Gasteiger partial charge in [-0.1, -0.05) is 41.4 Å². The number of likely N-dealkylation sites (tertiary alicyclic amines) is 1. The molecular weight excluding hydrogens is 427 g/mol. The fourth-order valence-electron chi connectivity index (χ4n) is 3.34. The Morgan fingerprint density at radius 3 is 2.67 bits per heavy atom. The van der Waals surface area contributed by atoms with Gasteiger partial charge in [-0.25, -0.2) is 0 Å². The number of nitrogens with zero attached hydrogens (tertiary/aromatic N) is 1. The molecule has 1 saturated heterocycles. The summed E-state index contributed by atoms with van der Waals surface area (Å²) in [5, 5.41) is 3.74. The van der Waals surface area contributed by atoms with E-state index in [0.717, 1.165) is 11.1 Å². The molecule has 1 atom stereocenters. The van der Waals surface area contributed by atoms with Crippen molar-refractivity contribution < 1.29 is 19.1 Å². The summed E-state index contributed by atoms with van der Waals surface area (Å²) in [5.41, 5.74) is 1.84. The van der Waals surface area contributed by atoms with Gasteiger partial charge in [-0.2, -0.15) is 0 Å². The number of ketones is 1. The molecule has 0 saturated carbocycles. The lowest BCUT2D eigenvalue weighted by molar-refractivity contribution is -0.142. The second-order valence-electron chi connectivity index (χ2n) is 7.10. The summed E-state index contributed by atoms with van der Waals surface area (Å²) in [6, 6.07) is 12.7. The number of rotatable bonds is 8. The van der Waals surface area contributed by atoms with Crippen LogP contribution in [-0.2, 0) is 27.3 Å². The maximum atomic E-state index is 12.4. The van der Waals surface area contributed by atoms with Gasteiger partial charge in [-0.3, -0.25) is 14.4 Å². The minimum Gasteiger partial charge on any atom is -0.497 e. The van der Waals surface area contributed by atoms with Crippen LogP contribution in [0, 0.1) is 5.92 Å². The van der Waals surface area contributed by atoms with E-state index in [-0.39, 0.29) is 13.1 Å². The number of ether oxygens (including phenoxy) is 1. The van der Waals surface area contributed by atoms with E-state index in [0.29, 0.717) is 35.2 Å². The second kappa shape index (κ2) is 9.96. The van der Waals surface area contributed by atoms with Gasteiger partial charge in [0.05, 0.1) is 17.2 Å². The number of methoxy groups -OCH3 is 1. The summed E-state index contributed by atoms with van der Waals surface area (Å²) < 4.78 is 5.18. The number of amides is 2. The van der Waals surface area contributed by atoms with Gasteiger partial charge in [0.2, 0.25) is 11.7 Å². The highest BCUT2D eigenvalue weighted by molar-refractivity contribution is 6.42. The van der Waals surface area contributed by atoms with Crippen LogP contribution in [0.2, 0.25) is 10.0 Å². The smallest absolute Gasteiger partial charge is 0.291 e. The van der Waals surface area contributed by atoms with Crippen molar-refractivity contribution in [1.82, 2.24) is 10.2 Å². The molecule has 1 fully saturated rings. The molecule has 2 aromatic rings. The van der Waals surface area contributed by atoms with Crippen molar-refractivity contribution in [2.75, 3.05) is 20.2 Å². The number of hydrogen-bond donors (Lipinski definition) is 1. The van der Waals surface area contributed by atoms with Gasteiger partial charge in [-0.15, -0.1) is 0 Å². The predicted molar refractivity (Wildman–Crippen MR) is 115 cm³/mol. The molecule has 1 N–H and O–H groups in total. The normalized spacial score (nSPS) is 16.1. The minimum absolute atomic E-state index is 0.0769. The summed E-state index contributed by atoms with van der Waals surface area (Å²) in [7, 11) is 1.56. The Hall–Kier alpha value is -2.57. The number of carbonyl (C=O) groups excluding carboxylic acids is 3. The molecule has 3 rings (SSSR count). The number of hydrogen-bond acceptors (Lipinski definition) is 4. The fraction of sp³-hybridized carbons (Fsp3) is 0.318. The lowest BCUT2D eigenvalue weighted by atomic mass is 10.1. The summed E-state index contributed by atoms with van der Waals surface area (Å²) in [6.07, 6.45) is 1.38. The van der Waals surface area contributed by atoms with E-state index in [1.165, 1.54) is 4.90 Å². The lowest BCUT2D eigenvalue weighted by Crippen LogP contribution is -2.36. The standard InChI is InChI=1S/C22H22Cl2N2O4/c1-30-16-6-2-4-15(10-16)12-26-13-17(20(27)22(26)29)21(28)25-9-3-5-14-7-8-18(23)19(24)11-14/h2,4,6-8,10-11,17H,3,5,9,12-13H2,1H3,(H,25,28). The zero-order valence-corrected chi connectivity index (χ0v) is 18.0. The third kappa shape index (κ3) is 5.32. The first kappa shape index (κ1) is 22.1. The molecule has 1 unspecified atom stereocenters. The summed E-state index contributed by atoms with van der Waals surface area (Å²) >= 11 is 11.9. The zero-order valence-electron chi connectivity index (χ0n) is 16.5. The van der Waals surface area contributed by atoms with Gasteiger partial charge in [0.25, 0.3) is 5.91 Å². The van der Waals surface area contributed by atoms with Crippen LogP contribution in [0.3, 0.4) is 0 Å². The Kier molecular flexibility index (Phi) is 7.34. The number of halogens is 2. The Bertz CT molecular complexity index is 964. The van der Waals surface area contributed by atoms with Crippen LogP contribution in [0.5, 0.6) is 5.75 Å². The Morgan fingerprint density at radius 1 is 1.13 bits per heavy atom. The SMILES string of the molecule is COc1cccc(CN2CC(C(=O)NCCCc3ccc(Cl)c(Cl)c3)C(=O)C2=O)c1. The van der Waals surface area contributed by atoms with E-state index < -0.39 is 23.5 Å². The molecule has 0 bridgehead atoms. The number of aryl methyl sites for hydroxylation is 1. The summed E-state index contributed by atoms with van der Waals surface area (Å²) in [5.74, 6) is -2.03. The van der Waals surface area contributed by atoms with E-state index >= 15 is 0 Å². The summed E-state index contributed by atoms with van der Waals surface area (Å²) in [4.78, 5) is 38.4. The number of benzene rings is 2. The van der Waals surface area contributed by atoms with Gasteiger partial charge in [-0.05, 0) is 48.2 Å². The van der Waals surface area contributed by atoms with Crippen molar-refractivity contribution >= 4 is 40.8 Å². The molecule has 0 radical (unpaired) electrons. The van der Waals surface area contributed by atoms with E-state index in [2.05, 4.69) is 5.32 Å². The third-order valence-corrected chi connectivity index (χ3v) is 5.71. The second-order valence-corrected chi connectivity index (χ2v) is 7.91. The van der Waals surface area contributed by atoms with Gasteiger partial charge in [0, 0.05) is 19.6 Å². The first-order valence-corrected chi connectivity index (χ1v) is 10.3. The highest BCUT2D eigenvalue weighted by Gasteiger charge is 2.42. The van der Waals surface area contributed by atoms with Gasteiger partial charge >= 0.3 is 0 Å². The van der Waals surface area contributed by atoms with Gasteiger partial charge in [0.1, 0.15) is 11.7 Å². The van der Waals surface area contributed by atoms with E-state index in [4.69, 9.17) is 27.9 Å². The molecule has 158 valence electrons. The molecule has 0 aliphatic carbocycles. The van der Waals surface area contributed by atoms with Crippen molar-refractivity contribution in [2.24, 2.45) is 5.92 Å². The third-order valence-electron chi connectivity index (χ3n) is 4.97. The maximum absolute atomic E-state index is 12.4. The van der Waals surface area contributed by atoms with Crippen LogP contribution < -0.4 is 10.1 Å². The van der Waals surface area contributed by atoms with Crippen LogP contribution >= 0.6 is 23.2 Å². The molecule has 6 nitrogen and oxygen atoms in total. The van der Waals surface area contributed by atoms with Crippen molar-refractivity contribution in [1.29, 1.82) is 0 Å². The minimum atomic E-state index is -0.979. The molecule has 0 aromatic heterocycles. The van der Waals surface area contributed by atoms with Crippen molar-refractivity contribution in [3.63, 3.8) is 0 Å².